The van der Waals surface area contributed by atoms with Crippen LogP contribution in [0.25, 0.3) is 0 Å². The maximum atomic E-state index is 12.6. The molecule has 1 atom stereocenters. The Morgan fingerprint density at radius 3 is 2.71 bits per heavy atom. The molecule has 1 amide bonds. The summed E-state index contributed by atoms with van der Waals surface area (Å²) in [5.41, 5.74) is 0. The average Bonchev–Trinajstić information content (AvgIpc) is 3.25. The number of rotatable bonds is 5. The van der Waals surface area contributed by atoms with E-state index in [0.717, 1.165) is 32.4 Å². The fraction of sp³-hybridized carbons (Fsp3) is 0.421. The highest BCUT2D eigenvalue weighted by atomic mass is 32.2. The van der Waals surface area contributed by atoms with E-state index in [-0.39, 0.29) is 24.0 Å². The number of carbonyl (C=O) groups is 1. The van der Waals surface area contributed by atoms with Crippen molar-refractivity contribution < 1.29 is 27.1 Å². The third-order valence-corrected chi connectivity index (χ3v) is 6.24. The molecule has 0 saturated carbocycles. The first-order valence-electron chi connectivity index (χ1n) is 9.27. The molecule has 8 nitrogen and oxygen atoms in total. The first-order chi connectivity index (χ1) is 13.5. The summed E-state index contributed by atoms with van der Waals surface area (Å²) < 4.78 is 44.0. The quantitative estimate of drug-likeness (QED) is 0.815. The monoisotopic (exact) mass is 406 g/mol. The number of fused-ring (bicyclic) bond motifs is 1. The van der Waals surface area contributed by atoms with E-state index < -0.39 is 16.1 Å². The topological polar surface area (TPSA) is 98.1 Å². The number of amides is 1. The molecule has 1 N–H and O–H groups in total. The van der Waals surface area contributed by atoms with Crippen LogP contribution >= 0.6 is 0 Å². The van der Waals surface area contributed by atoms with Crippen LogP contribution in [0.5, 0.6) is 11.5 Å². The molecule has 2 aromatic rings. The summed E-state index contributed by atoms with van der Waals surface area (Å²) in [5, 5.41) is 0. The van der Waals surface area contributed by atoms with Crippen LogP contribution in [0.3, 0.4) is 0 Å². The van der Waals surface area contributed by atoms with Crippen LogP contribution in [0.15, 0.2) is 45.9 Å². The number of likely N-dealkylation sites (tertiary alicyclic amines) is 1. The highest BCUT2D eigenvalue weighted by molar-refractivity contribution is 7.89. The van der Waals surface area contributed by atoms with Crippen LogP contribution < -0.4 is 14.2 Å². The minimum atomic E-state index is -3.74. The van der Waals surface area contributed by atoms with Crippen LogP contribution in [0.1, 0.15) is 25.0 Å². The van der Waals surface area contributed by atoms with Crippen molar-refractivity contribution in [2.24, 2.45) is 0 Å². The molecular formula is C19H22N2O6S. The molecule has 1 saturated heterocycles. The third kappa shape index (κ3) is 4.00. The molecule has 0 spiro atoms. The van der Waals surface area contributed by atoms with Crippen LogP contribution in [0.2, 0.25) is 0 Å². The van der Waals surface area contributed by atoms with E-state index in [1.807, 2.05) is 0 Å². The zero-order chi connectivity index (χ0) is 19.6. The second-order valence-electron chi connectivity index (χ2n) is 6.82. The molecule has 0 radical (unpaired) electrons. The molecule has 2 aliphatic heterocycles. The van der Waals surface area contributed by atoms with Gasteiger partial charge >= 0.3 is 0 Å². The van der Waals surface area contributed by atoms with E-state index in [1.165, 1.54) is 24.5 Å². The van der Waals surface area contributed by atoms with Gasteiger partial charge in [0.05, 0.1) is 17.7 Å². The summed E-state index contributed by atoms with van der Waals surface area (Å²) in [6, 6.07) is 7.73. The number of hydrogen-bond donors (Lipinski definition) is 1. The van der Waals surface area contributed by atoms with Crippen LogP contribution in [-0.4, -0.2) is 45.0 Å². The molecule has 1 aromatic carbocycles. The van der Waals surface area contributed by atoms with E-state index in [0.29, 0.717) is 17.3 Å². The summed E-state index contributed by atoms with van der Waals surface area (Å²) in [7, 11) is -3.74. The third-order valence-electron chi connectivity index (χ3n) is 4.84. The van der Waals surface area contributed by atoms with Gasteiger partial charge in [0.15, 0.2) is 11.5 Å². The predicted octanol–water partition coefficient (Wildman–Crippen LogP) is 1.91. The van der Waals surface area contributed by atoms with Crippen molar-refractivity contribution in [3.8, 4) is 11.5 Å². The molecule has 0 aliphatic carbocycles. The Morgan fingerprint density at radius 2 is 1.96 bits per heavy atom. The molecule has 0 unspecified atom stereocenters. The molecule has 9 heteroatoms. The molecule has 3 heterocycles. The molecule has 28 heavy (non-hydrogen) atoms. The summed E-state index contributed by atoms with van der Waals surface area (Å²) >= 11 is 0. The Labute approximate surface area is 163 Å². The summed E-state index contributed by atoms with van der Waals surface area (Å²) in [6.07, 6.45) is 3.92. The number of benzene rings is 1. The molecule has 1 fully saturated rings. The zero-order valence-corrected chi connectivity index (χ0v) is 16.1. The van der Waals surface area contributed by atoms with Gasteiger partial charge in [-0.2, -0.15) is 0 Å². The number of piperidine rings is 1. The number of nitrogens with zero attached hydrogens (tertiary/aromatic N) is 1. The number of nitrogens with one attached hydrogen (secondary N) is 1. The van der Waals surface area contributed by atoms with Gasteiger partial charge in [0.1, 0.15) is 12.4 Å². The summed E-state index contributed by atoms with van der Waals surface area (Å²) in [4.78, 5) is 14.5. The minimum Gasteiger partial charge on any atom is -0.485 e. The zero-order valence-electron chi connectivity index (χ0n) is 15.3. The van der Waals surface area contributed by atoms with Crippen molar-refractivity contribution in [3.63, 3.8) is 0 Å². The lowest BCUT2D eigenvalue weighted by atomic mass is 10.1. The number of carbonyl (C=O) groups excluding carboxylic acids is 1. The van der Waals surface area contributed by atoms with Gasteiger partial charge in [-0.1, -0.05) is 0 Å². The lowest BCUT2D eigenvalue weighted by Gasteiger charge is -2.32. The van der Waals surface area contributed by atoms with E-state index in [1.54, 1.807) is 17.0 Å². The second-order valence-corrected chi connectivity index (χ2v) is 8.58. The number of hydrogen-bond acceptors (Lipinski definition) is 6. The van der Waals surface area contributed by atoms with Crippen LogP contribution in [0, 0.1) is 0 Å². The minimum absolute atomic E-state index is 0.0518. The van der Waals surface area contributed by atoms with Gasteiger partial charge in [-0.15, -0.1) is 0 Å². The van der Waals surface area contributed by atoms with E-state index in [2.05, 4.69) is 4.72 Å². The fourth-order valence-corrected chi connectivity index (χ4v) is 4.33. The predicted molar refractivity (Wildman–Crippen MR) is 99.5 cm³/mol. The largest absolute Gasteiger partial charge is 0.485 e. The Kier molecular flexibility index (Phi) is 5.27. The fourth-order valence-electron chi connectivity index (χ4n) is 3.32. The number of ether oxygens (including phenoxy) is 2. The molecule has 2 aliphatic rings. The number of furan rings is 1. The maximum absolute atomic E-state index is 12.6. The van der Waals surface area contributed by atoms with Crippen LogP contribution in [0.4, 0.5) is 0 Å². The molecule has 4 rings (SSSR count). The Bertz CT molecular complexity index is 935. The summed E-state index contributed by atoms with van der Waals surface area (Å²) in [6.45, 7) is 1.59. The molecule has 150 valence electrons. The lowest BCUT2D eigenvalue weighted by molar-refractivity contribution is -0.142. The molecular weight excluding hydrogens is 384 g/mol. The van der Waals surface area contributed by atoms with E-state index >= 15 is 0 Å². The van der Waals surface area contributed by atoms with Gasteiger partial charge in [0, 0.05) is 19.2 Å². The normalized spacial score (nSPS) is 19.4. The molecule has 1 aromatic heterocycles. The highest BCUT2D eigenvalue weighted by Gasteiger charge is 2.32. The van der Waals surface area contributed by atoms with Gasteiger partial charge in [0.2, 0.25) is 16.1 Å². The molecule has 0 bridgehead atoms. The first-order valence-corrected chi connectivity index (χ1v) is 10.8. The second kappa shape index (κ2) is 7.84. The van der Waals surface area contributed by atoms with Gasteiger partial charge in [-0.3, -0.25) is 4.79 Å². The van der Waals surface area contributed by atoms with Gasteiger partial charge in [0.25, 0.3) is 5.91 Å². The smallest absolute Gasteiger partial charge is 0.267 e. The van der Waals surface area contributed by atoms with Crippen molar-refractivity contribution in [2.45, 2.75) is 36.8 Å². The standard InChI is InChI=1S/C19H22N2O6S/c22-19(21-8-2-1-3-9-21)18-13-26-17-11-15(6-7-16(17)27-18)28(23,24)20-12-14-5-4-10-25-14/h4-7,10-11,18,20H,1-3,8-9,12-13H2/t18-/m1/s1. The first kappa shape index (κ1) is 18.8. The van der Waals surface area contributed by atoms with Crippen molar-refractivity contribution >= 4 is 15.9 Å². The lowest BCUT2D eigenvalue weighted by Crippen LogP contribution is -2.48. The van der Waals surface area contributed by atoms with Crippen LogP contribution in [-0.2, 0) is 21.4 Å². The van der Waals surface area contributed by atoms with Crippen molar-refractivity contribution in [2.75, 3.05) is 19.7 Å². The SMILES string of the molecule is O=C([C@H]1COc2cc(S(=O)(=O)NCc3ccco3)ccc2O1)N1CCCCC1. The number of sulfonamides is 1. The average molecular weight is 406 g/mol. The Hall–Kier alpha value is -2.52. The highest BCUT2D eigenvalue weighted by Crippen LogP contribution is 2.34. The maximum Gasteiger partial charge on any atom is 0.267 e. The van der Waals surface area contributed by atoms with Gasteiger partial charge < -0.3 is 18.8 Å². The van der Waals surface area contributed by atoms with Gasteiger partial charge in [-0.25, -0.2) is 13.1 Å². The Morgan fingerprint density at radius 1 is 1.14 bits per heavy atom. The summed E-state index contributed by atoms with van der Waals surface area (Å²) in [5.74, 6) is 1.11. The van der Waals surface area contributed by atoms with Gasteiger partial charge in [-0.05, 0) is 43.5 Å². The van der Waals surface area contributed by atoms with Crippen molar-refractivity contribution in [1.29, 1.82) is 0 Å². The van der Waals surface area contributed by atoms with Crippen molar-refractivity contribution in [1.82, 2.24) is 9.62 Å². The van der Waals surface area contributed by atoms with E-state index in [9.17, 15) is 13.2 Å². The van der Waals surface area contributed by atoms with Crippen molar-refractivity contribution in [3.05, 3.63) is 42.4 Å². The van der Waals surface area contributed by atoms with E-state index in [4.69, 9.17) is 13.9 Å². The Balaban J connectivity index is 1.44.